The van der Waals surface area contributed by atoms with Crippen molar-refractivity contribution in [2.24, 2.45) is 35.0 Å². The number of ketones is 1. The van der Waals surface area contributed by atoms with Crippen molar-refractivity contribution in [3.8, 4) is 5.75 Å². The highest BCUT2D eigenvalue weighted by Crippen LogP contribution is 2.68. The zero-order chi connectivity index (χ0) is 28.3. The second kappa shape index (κ2) is 12.6. The average Bonchev–Trinajstić information content (AvgIpc) is 3.35. The highest BCUT2D eigenvalue weighted by atomic mass is 16.5. The molecular weight excluding hydrogens is 496 g/mol. The molecule has 0 amide bonds. The molecule has 0 spiro atoms. The van der Waals surface area contributed by atoms with E-state index in [1.54, 1.807) is 0 Å². The smallest absolute Gasteiger partial charge is 0.313 e. The number of fused-ring (bicyclic) bond motifs is 4. The molecule has 0 aromatic heterocycles. The molecular formula is C36H54O4. The number of carbonyl (C=O) groups is 2. The zero-order valence-electron chi connectivity index (χ0n) is 25.7. The minimum atomic E-state index is -0.527. The van der Waals surface area contributed by atoms with Gasteiger partial charge in [-0.2, -0.15) is 0 Å². The number of benzene rings is 1. The predicted octanol–water partition coefficient (Wildman–Crippen LogP) is 8.84. The van der Waals surface area contributed by atoms with Crippen LogP contribution in [0.5, 0.6) is 5.75 Å². The standard InChI is InChI=1S/C36H54O4/c1-5-6-7-8-9-10-23-39-27-19-17-26(18-20-27)35(3,4)30-21-16-25(2)24-32(30)40-34(38)36-22-12-15-31(37)33(36)28-13-11-14-29(28)36/h17-20,25,28-30,32-33H,5-16,21-24H2,1-4H3/t25-,28-,29+,30-,32-,33+,36-/m1/s1. The van der Waals surface area contributed by atoms with Crippen molar-refractivity contribution in [2.75, 3.05) is 6.61 Å². The van der Waals surface area contributed by atoms with E-state index in [9.17, 15) is 9.59 Å². The van der Waals surface area contributed by atoms with Crippen LogP contribution in [0.3, 0.4) is 0 Å². The van der Waals surface area contributed by atoms with Gasteiger partial charge in [0.15, 0.2) is 0 Å². The first kappa shape index (κ1) is 29.6. The van der Waals surface area contributed by atoms with Crippen molar-refractivity contribution in [3.63, 3.8) is 0 Å². The van der Waals surface area contributed by atoms with Crippen LogP contribution in [-0.2, 0) is 19.7 Å². The molecule has 0 saturated heterocycles. The molecule has 4 saturated carbocycles. The van der Waals surface area contributed by atoms with Crippen LogP contribution in [0, 0.1) is 35.0 Å². The van der Waals surface area contributed by atoms with Gasteiger partial charge in [0.05, 0.1) is 12.0 Å². The summed E-state index contributed by atoms with van der Waals surface area (Å²) in [5.74, 6) is 2.77. The maximum atomic E-state index is 14.1. The predicted molar refractivity (Wildman–Crippen MR) is 160 cm³/mol. The Morgan fingerprint density at radius 3 is 2.50 bits per heavy atom. The molecule has 222 valence electrons. The molecule has 5 rings (SSSR count). The monoisotopic (exact) mass is 550 g/mol. The summed E-state index contributed by atoms with van der Waals surface area (Å²) in [6, 6.07) is 8.67. The number of esters is 1. The highest BCUT2D eigenvalue weighted by molar-refractivity contribution is 5.93. The van der Waals surface area contributed by atoms with Crippen molar-refractivity contribution in [2.45, 2.75) is 136 Å². The fourth-order valence-corrected chi connectivity index (χ4v) is 9.28. The van der Waals surface area contributed by atoms with Gasteiger partial charge in [0.1, 0.15) is 17.6 Å². The van der Waals surface area contributed by atoms with Gasteiger partial charge in [-0.05, 0) is 85.8 Å². The van der Waals surface area contributed by atoms with E-state index in [-0.39, 0.29) is 29.3 Å². The molecule has 4 heteroatoms. The molecule has 0 bridgehead atoms. The lowest BCUT2D eigenvalue weighted by Gasteiger charge is -2.59. The quantitative estimate of drug-likeness (QED) is 0.193. The van der Waals surface area contributed by atoms with Crippen LogP contribution >= 0.6 is 0 Å². The Kier molecular flexibility index (Phi) is 9.32. The molecule has 0 aliphatic heterocycles. The van der Waals surface area contributed by atoms with Gasteiger partial charge in [-0.25, -0.2) is 0 Å². The minimum Gasteiger partial charge on any atom is -0.494 e. The summed E-state index contributed by atoms with van der Waals surface area (Å²) in [6.07, 6.45) is 16.4. The summed E-state index contributed by atoms with van der Waals surface area (Å²) < 4.78 is 12.7. The van der Waals surface area contributed by atoms with Crippen molar-refractivity contribution in [1.29, 1.82) is 0 Å². The van der Waals surface area contributed by atoms with Gasteiger partial charge in [0, 0.05) is 18.3 Å². The number of rotatable bonds is 12. The van der Waals surface area contributed by atoms with Crippen molar-refractivity contribution in [3.05, 3.63) is 29.8 Å². The highest BCUT2D eigenvalue weighted by Gasteiger charge is 2.70. The van der Waals surface area contributed by atoms with Gasteiger partial charge in [-0.15, -0.1) is 0 Å². The largest absolute Gasteiger partial charge is 0.494 e. The second-order valence-corrected chi connectivity index (χ2v) is 14.4. The van der Waals surface area contributed by atoms with E-state index < -0.39 is 5.41 Å². The third kappa shape index (κ3) is 5.62. The van der Waals surface area contributed by atoms with Crippen LogP contribution < -0.4 is 4.74 Å². The Morgan fingerprint density at radius 2 is 1.73 bits per heavy atom. The van der Waals surface area contributed by atoms with Crippen molar-refractivity contribution < 1.29 is 19.1 Å². The Balaban J connectivity index is 1.24. The first-order valence-electron chi connectivity index (χ1n) is 16.8. The molecule has 0 radical (unpaired) electrons. The minimum absolute atomic E-state index is 0.0351. The van der Waals surface area contributed by atoms with Crippen LogP contribution in [0.4, 0.5) is 0 Å². The Morgan fingerprint density at radius 1 is 0.975 bits per heavy atom. The molecule has 0 N–H and O–H groups in total. The average molecular weight is 551 g/mol. The van der Waals surface area contributed by atoms with Crippen LogP contribution in [0.2, 0.25) is 0 Å². The summed E-state index contributed by atoms with van der Waals surface area (Å²) >= 11 is 0. The third-order valence-electron chi connectivity index (χ3n) is 11.6. The van der Waals surface area contributed by atoms with E-state index in [0.717, 1.165) is 63.7 Å². The van der Waals surface area contributed by atoms with Gasteiger partial charge in [-0.3, -0.25) is 9.59 Å². The maximum absolute atomic E-state index is 14.1. The molecule has 4 aliphatic carbocycles. The molecule has 0 unspecified atom stereocenters. The normalized spacial score (nSPS) is 33.5. The fraction of sp³-hybridized carbons (Fsp3) is 0.778. The van der Waals surface area contributed by atoms with Crippen LogP contribution in [0.25, 0.3) is 0 Å². The summed E-state index contributed by atoms with van der Waals surface area (Å²) in [6.45, 7) is 9.97. The first-order valence-corrected chi connectivity index (χ1v) is 16.8. The summed E-state index contributed by atoms with van der Waals surface area (Å²) in [5, 5.41) is 0. The maximum Gasteiger partial charge on any atom is 0.313 e. The van der Waals surface area contributed by atoms with E-state index in [4.69, 9.17) is 9.47 Å². The first-order chi connectivity index (χ1) is 19.3. The Labute approximate surface area is 243 Å². The molecule has 4 nitrogen and oxygen atoms in total. The van der Waals surface area contributed by atoms with Gasteiger partial charge >= 0.3 is 5.97 Å². The lowest BCUT2D eigenvalue weighted by Crippen LogP contribution is -2.64. The van der Waals surface area contributed by atoms with Crippen molar-refractivity contribution in [1.82, 2.24) is 0 Å². The molecule has 0 heterocycles. The van der Waals surface area contributed by atoms with E-state index in [2.05, 4.69) is 52.0 Å². The number of hydrogen-bond acceptors (Lipinski definition) is 4. The summed E-state index contributed by atoms with van der Waals surface area (Å²) in [4.78, 5) is 27.1. The Bertz CT molecular complexity index is 1010. The van der Waals surface area contributed by atoms with Crippen LogP contribution in [-0.4, -0.2) is 24.5 Å². The molecule has 4 fully saturated rings. The van der Waals surface area contributed by atoms with Crippen LogP contribution in [0.1, 0.15) is 130 Å². The van der Waals surface area contributed by atoms with E-state index in [0.29, 0.717) is 30.0 Å². The second-order valence-electron chi connectivity index (χ2n) is 14.4. The van der Waals surface area contributed by atoms with Gasteiger partial charge in [-0.1, -0.05) is 84.8 Å². The fourth-order valence-electron chi connectivity index (χ4n) is 9.28. The summed E-state index contributed by atoms with van der Waals surface area (Å²) in [5.41, 5.74) is 0.627. The number of ether oxygens (including phenoxy) is 2. The lowest BCUT2D eigenvalue weighted by molar-refractivity contribution is -0.207. The SMILES string of the molecule is CCCCCCCCOc1ccc(C(C)(C)[C@@H]2CC[C@@H](C)C[C@H]2OC(=O)[C@@]23CCCC(=O)[C@@H]2[C@@H]2CCC[C@@H]23)cc1. The number of hydrogen-bond donors (Lipinski definition) is 0. The summed E-state index contributed by atoms with van der Waals surface area (Å²) in [7, 11) is 0. The number of unbranched alkanes of at least 4 members (excludes halogenated alkanes) is 5. The van der Waals surface area contributed by atoms with E-state index >= 15 is 0 Å². The number of Topliss-reactive ketones (excluding diaryl/α,β-unsaturated/α-hetero) is 1. The topological polar surface area (TPSA) is 52.6 Å². The third-order valence-corrected chi connectivity index (χ3v) is 11.6. The lowest BCUT2D eigenvalue weighted by atomic mass is 9.43. The van der Waals surface area contributed by atoms with Gasteiger partial charge in [0.2, 0.25) is 0 Å². The zero-order valence-corrected chi connectivity index (χ0v) is 25.7. The molecule has 1 aromatic rings. The van der Waals surface area contributed by atoms with Crippen LogP contribution in [0.15, 0.2) is 24.3 Å². The molecule has 1 aromatic carbocycles. The van der Waals surface area contributed by atoms with Gasteiger partial charge in [0.25, 0.3) is 0 Å². The number of carbonyl (C=O) groups excluding carboxylic acids is 2. The molecule has 40 heavy (non-hydrogen) atoms. The van der Waals surface area contributed by atoms with E-state index in [1.165, 1.54) is 44.1 Å². The molecule has 4 aliphatic rings. The van der Waals surface area contributed by atoms with Gasteiger partial charge < -0.3 is 9.47 Å². The van der Waals surface area contributed by atoms with E-state index in [1.807, 2.05) is 0 Å². The Hall–Kier alpha value is -1.84. The molecule has 7 atom stereocenters. The van der Waals surface area contributed by atoms with Crippen molar-refractivity contribution >= 4 is 11.8 Å².